The number of aromatic nitrogens is 1. The first kappa shape index (κ1) is 24.3. The molecular formula is C29H29N3O6. The van der Waals surface area contributed by atoms with E-state index in [2.05, 4.69) is 10.3 Å². The zero-order chi connectivity index (χ0) is 26.4. The van der Waals surface area contributed by atoms with Crippen LogP contribution in [0.4, 0.5) is 0 Å². The number of rotatable bonds is 4. The van der Waals surface area contributed by atoms with Crippen LogP contribution in [-0.4, -0.2) is 61.0 Å². The van der Waals surface area contributed by atoms with E-state index >= 15 is 0 Å². The SMILES string of the molecule is COc1ccc2cc3c(cc2c1)C(O)NC1(CCN(C(=O)c2cc(OC)c4cccc(OC)c4n2)CC1)O3. The molecule has 2 aliphatic rings. The highest BCUT2D eigenvalue weighted by Crippen LogP contribution is 2.40. The predicted octanol–water partition coefficient (Wildman–Crippen LogP) is 4.02. The van der Waals surface area contributed by atoms with Gasteiger partial charge in [0, 0.05) is 42.9 Å². The molecule has 2 N–H and O–H groups in total. The number of likely N-dealkylation sites (tertiary alicyclic amines) is 1. The zero-order valence-corrected chi connectivity index (χ0v) is 21.5. The molecule has 0 bridgehead atoms. The van der Waals surface area contributed by atoms with Gasteiger partial charge in [-0.15, -0.1) is 0 Å². The Hall–Kier alpha value is -4.08. The summed E-state index contributed by atoms with van der Waals surface area (Å²) in [7, 11) is 4.77. The first-order valence-electron chi connectivity index (χ1n) is 12.5. The van der Waals surface area contributed by atoms with Crippen LogP contribution >= 0.6 is 0 Å². The Labute approximate surface area is 219 Å². The third-order valence-electron chi connectivity index (χ3n) is 7.46. The normalized spacial score (nSPS) is 18.2. The number of hydrogen-bond acceptors (Lipinski definition) is 8. The number of amides is 1. The summed E-state index contributed by atoms with van der Waals surface area (Å²) in [4.78, 5) is 19.9. The zero-order valence-electron chi connectivity index (χ0n) is 21.5. The third kappa shape index (κ3) is 4.04. The van der Waals surface area contributed by atoms with Crippen LogP contribution in [-0.2, 0) is 0 Å². The number of pyridine rings is 1. The van der Waals surface area contributed by atoms with E-state index in [1.54, 1.807) is 32.3 Å². The van der Waals surface area contributed by atoms with Crippen molar-refractivity contribution in [1.29, 1.82) is 0 Å². The fourth-order valence-electron chi connectivity index (χ4n) is 5.38. The molecule has 3 aromatic carbocycles. The van der Waals surface area contributed by atoms with Crippen molar-refractivity contribution in [2.24, 2.45) is 0 Å². The molecule has 0 saturated carbocycles. The topological polar surface area (TPSA) is 102 Å². The molecule has 0 aliphatic carbocycles. The van der Waals surface area contributed by atoms with E-state index in [4.69, 9.17) is 18.9 Å². The predicted molar refractivity (Wildman–Crippen MR) is 142 cm³/mol. The van der Waals surface area contributed by atoms with Crippen LogP contribution < -0.4 is 24.3 Å². The van der Waals surface area contributed by atoms with Gasteiger partial charge in [0.25, 0.3) is 5.91 Å². The molecule has 6 rings (SSSR count). The summed E-state index contributed by atoms with van der Waals surface area (Å²) < 4.78 is 22.8. The maximum absolute atomic E-state index is 13.5. The number of ether oxygens (including phenoxy) is 4. The first-order valence-corrected chi connectivity index (χ1v) is 12.5. The Morgan fingerprint density at radius 3 is 2.53 bits per heavy atom. The highest BCUT2D eigenvalue weighted by molar-refractivity contribution is 5.98. The van der Waals surface area contributed by atoms with E-state index < -0.39 is 12.0 Å². The molecule has 38 heavy (non-hydrogen) atoms. The van der Waals surface area contributed by atoms with Crippen molar-refractivity contribution in [2.75, 3.05) is 34.4 Å². The number of carbonyl (C=O) groups excluding carboxylic acids is 1. The van der Waals surface area contributed by atoms with Crippen molar-refractivity contribution >= 4 is 27.6 Å². The largest absolute Gasteiger partial charge is 0.497 e. The Kier molecular flexibility index (Phi) is 5.97. The smallest absolute Gasteiger partial charge is 0.272 e. The lowest BCUT2D eigenvalue weighted by atomic mass is 9.95. The molecular weight excluding hydrogens is 486 g/mol. The standard InChI is InChI=1S/C29H29N3O6/c1-35-19-8-7-17-15-25-21(14-18(17)13-19)27(33)31-29(38-25)9-11-32(12-10-29)28(34)22-16-24(37-3)20-5-4-6-23(36-2)26(20)30-22/h4-8,13-16,27,31,33H,9-12H2,1-3H3. The number of nitrogens with one attached hydrogen (secondary N) is 1. The van der Waals surface area contributed by atoms with Crippen LogP contribution in [0.2, 0.25) is 0 Å². The maximum Gasteiger partial charge on any atom is 0.272 e. The van der Waals surface area contributed by atoms with Crippen LogP contribution in [0, 0.1) is 0 Å². The fourth-order valence-corrected chi connectivity index (χ4v) is 5.38. The Morgan fingerprint density at radius 2 is 1.79 bits per heavy atom. The molecule has 1 saturated heterocycles. The molecule has 9 nitrogen and oxygen atoms in total. The van der Waals surface area contributed by atoms with Crippen molar-refractivity contribution in [3.8, 4) is 23.0 Å². The summed E-state index contributed by atoms with van der Waals surface area (Å²) >= 11 is 0. The van der Waals surface area contributed by atoms with Gasteiger partial charge in [0.05, 0.1) is 21.3 Å². The summed E-state index contributed by atoms with van der Waals surface area (Å²) in [5, 5.41) is 17.0. The Balaban J connectivity index is 1.23. The fraction of sp³-hybridized carbons (Fsp3) is 0.310. The lowest BCUT2D eigenvalue weighted by molar-refractivity contribution is -0.0807. The third-order valence-corrected chi connectivity index (χ3v) is 7.46. The molecule has 0 radical (unpaired) electrons. The van der Waals surface area contributed by atoms with Crippen LogP contribution in [0.1, 0.15) is 35.1 Å². The van der Waals surface area contributed by atoms with E-state index in [-0.39, 0.29) is 5.91 Å². The number of fused-ring (bicyclic) bond motifs is 3. The molecule has 1 atom stereocenters. The number of nitrogens with zero attached hydrogens (tertiary/aromatic N) is 2. The number of piperidine rings is 1. The number of carbonyl (C=O) groups is 1. The minimum Gasteiger partial charge on any atom is -0.497 e. The minimum atomic E-state index is -0.893. The molecule has 1 spiro atoms. The first-order chi connectivity index (χ1) is 18.4. The minimum absolute atomic E-state index is 0.192. The molecule has 3 heterocycles. The van der Waals surface area contributed by atoms with Crippen molar-refractivity contribution in [3.63, 3.8) is 0 Å². The quantitative estimate of drug-likeness (QED) is 0.420. The molecule has 2 aliphatic heterocycles. The molecule has 4 aromatic rings. The van der Waals surface area contributed by atoms with Gasteiger partial charge in [-0.1, -0.05) is 12.1 Å². The molecule has 1 amide bonds. The van der Waals surface area contributed by atoms with Crippen molar-refractivity contribution in [1.82, 2.24) is 15.2 Å². The maximum atomic E-state index is 13.5. The number of methoxy groups -OCH3 is 3. The summed E-state index contributed by atoms with van der Waals surface area (Å²) in [6, 6.07) is 16.9. The van der Waals surface area contributed by atoms with Crippen molar-refractivity contribution in [3.05, 3.63) is 65.9 Å². The second-order valence-electron chi connectivity index (χ2n) is 9.60. The second kappa shape index (κ2) is 9.34. The van der Waals surface area contributed by atoms with E-state index in [0.29, 0.717) is 60.0 Å². The highest BCUT2D eigenvalue weighted by atomic mass is 16.5. The summed E-state index contributed by atoms with van der Waals surface area (Å²) in [6.45, 7) is 0.874. The van der Waals surface area contributed by atoms with Crippen molar-refractivity contribution < 1.29 is 28.8 Å². The molecule has 196 valence electrons. The molecule has 1 aromatic heterocycles. The average Bonchev–Trinajstić information content (AvgIpc) is 2.95. The lowest BCUT2D eigenvalue weighted by Crippen LogP contribution is -2.60. The number of aliphatic hydroxyl groups excluding tert-OH is 1. The van der Waals surface area contributed by atoms with Crippen molar-refractivity contribution in [2.45, 2.75) is 24.8 Å². The number of hydrogen-bond donors (Lipinski definition) is 2. The van der Waals surface area contributed by atoms with Gasteiger partial charge in [-0.2, -0.15) is 0 Å². The van der Waals surface area contributed by atoms with Crippen LogP contribution in [0.5, 0.6) is 23.0 Å². The van der Waals surface area contributed by atoms with Gasteiger partial charge in [0.15, 0.2) is 5.72 Å². The van der Waals surface area contributed by atoms with Crippen LogP contribution in [0.15, 0.2) is 54.6 Å². The van der Waals surface area contributed by atoms with Gasteiger partial charge in [-0.25, -0.2) is 4.98 Å². The Bertz CT molecular complexity index is 1550. The number of benzene rings is 3. The molecule has 1 unspecified atom stereocenters. The van der Waals surface area contributed by atoms with Gasteiger partial charge >= 0.3 is 0 Å². The van der Waals surface area contributed by atoms with E-state index in [1.807, 2.05) is 48.5 Å². The monoisotopic (exact) mass is 515 g/mol. The summed E-state index contributed by atoms with van der Waals surface area (Å²) in [5.41, 5.74) is 0.769. The van der Waals surface area contributed by atoms with E-state index in [0.717, 1.165) is 21.9 Å². The van der Waals surface area contributed by atoms with Crippen LogP contribution in [0.25, 0.3) is 21.7 Å². The van der Waals surface area contributed by atoms with Gasteiger partial charge in [0.1, 0.15) is 40.4 Å². The van der Waals surface area contributed by atoms with Gasteiger partial charge < -0.3 is 29.0 Å². The highest BCUT2D eigenvalue weighted by Gasteiger charge is 2.43. The van der Waals surface area contributed by atoms with E-state index in [9.17, 15) is 9.90 Å². The van der Waals surface area contributed by atoms with Gasteiger partial charge in [0.2, 0.25) is 0 Å². The van der Waals surface area contributed by atoms with Crippen LogP contribution in [0.3, 0.4) is 0 Å². The average molecular weight is 516 g/mol. The summed E-state index contributed by atoms with van der Waals surface area (Å²) in [5.74, 6) is 2.34. The molecule has 1 fully saturated rings. The van der Waals surface area contributed by atoms with E-state index in [1.165, 1.54) is 0 Å². The Morgan fingerprint density at radius 1 is 1.00 bits per heavy atom. The van der Waals surface area contributed by atoms with Gasteiger partial charge in [-0.3, -0.25) is 10.1 Å². The molecule has 9 heteroatoms. The number of para-hydroxylation sites is 1. The second-order valence-corrected chi connectivity index (χ2v) is 9.60. The lowest BCUT2D eigenvalue weighted by Gasteiger charge is -2.46. The number of aliphatic hydroxyl groups is 1. The summed E-state index contributed by atoms with van der Waals surface area (Å²) in [6.07, 6.45) is 0.115. The van der Waals surface area contributed by atoms with Gasteiger partial charge in [-0.05, 0) is 47.2 Å².